The second-order valence-electron chi connectivity index (χ2n) is 4.16. The SMILES string of the molecule is CCC(C#N)CNCCc1ccc(OC)c(Br)c1. The van der Waals surface area contributed by atoms with E-state index in [9.17, 15) is 0 Å². The van der Waals surface area contributed by atoms with Crippen LogP contribution in [0.1, 0.15) is 18.9 Å². The molecule has 1 aromatic carbocycles. The molecule has 0 aliphatic heterocycles. The standard InChI is InChI=1S/C14H19BrN2O/c1-3-11(9-16)10-17-7-6-12-4-5-14(18-2)13(15)8-12/h4-5,8,11,17H,3,6-7,10H2,1-2H3. The molecule has 0 bridgehead atoms. The van der Waals surface area contributed by atoms with Gasteiger partial charge in [-0.15, -0.1) is 0 Å². The molecule has 0 fully saturated rings. The fourth-order valence-corrected chi connectivity index (χ4v) is 2.24. The highest BCUT2D eigenvalue weighted by Crippen LogP contribution is 2.25. The van der Waals surface area contributed by atoms with E-state index in [-0.39, 0.29) is 5.92 Å². The molecule has 0 saturated carbocycles. The summed E-state index contributed by atoms with van der Waals surface area (Å²) in [5.74, 6) is 0.967. The zero-order valence-corrected chi connectivity index (χ0v) is 12.5. The van der Waals surface area contributed by atoms with Crippen molar-refractivity contribution in [1.82, 2.24) is 5.32 Å². The van der Waals surface area contributed by atoms with Crippen molar-refractivity contribution < 1.29 is 4.74 Å². The van der Waals surface area contributed by atoms with Crippen LogP contribution in [-0.4, -0.2) is 20.2 Å². The van der Waals surface area contributed by atoms with E-state index in [4.69, 9.17) is 10.00 Å². The number of nitrogens with zero attached hydrogens (tertiary/aromatic N) is 1. The summed E-state index contributed by atoms with van der Waals surface area (Å²) in [4.78, 5) is 0. The van der Waals surface area contributed by atoms with Crippen molar-refractivity contribution in [3.05, 3.63) is 28.2 Å². The summed E-state index contributed by atoms with van der Waals surface area (Å²) >= 11 is 3.47. The normalized spacial score (nSPS) is 11.9. The second-order valence-corrected chi connectivity index (χ2v) is 5.01. The number of methoxy groups -OCH3 is 1. The summed E-state index contributed by atoms with van der Waals surface area (Å²) in [6.45, 7) is 3.69. The smallest absolute Gasteiger partial charge is 0.133 e. The Kier molecular flexibility index (Phi) is 6.77. The van der Waals surface area contributed by atoms with Gasteiger partial charge >= 0.3 is 0 Å². The first-order valence-corrected chi connectivity index (χ1v) is 6.93. The Morgan fingerprint density at radius 3 is 2.83 bits per heavy atom. The Morgan fingerprint density at radius 2 is 2.28 bits per heavy atom. The molecule has 0 saturated heterocycles. The number of rotatable bonds is 7. The maximum atomic E-state index is 8.83. The fourth-order valence-electron chi connectivity index (χ4n) is 1.66. The Balaban J connectivity index is 2.36. The van der Waals surface area contributed by atoms with Gasteiger partial charge in [0.25, 0.3) is 0 Å². The van der Waals surface area contributed by atoms with E-state index < -0.39 is 0 Å². The maximum Gasteiger partial charge on any atom is 0.133 e. The summed E-state index contributed by atoms with van der Waals surface area (Å²) in [6.07, 6.45) is 1.85. The summed E-state index contributed by atoms with van der Waals surface area (Å²) in [5.41, 5.74) is 1.25. The van der Waals surface area contributed by atoms with Crippen molar-refractivity contribution in [2.24, 2.45) is 5.92 Å². The van der Waals surface area contributed by atoms with Gasteiger partial charge in [0.15, 0.2) is 0 Å². The largest absolute Gasteiger partial charge is 0.496 e. The second kappa shape index (κ2) is 8.12. The van der Waals surface area contributed by atoms with E-state index >= 15 is 0 Å². The van der Waals surface area contributed by atoms with Crippen LogP contribution in [-0.2, 0) is 6.42 Å². The number of ether oxygens (including phenoxy) is 1. The predicted molar refractivity (Wildman–Crippen MR) is 76.7 cm³/mol. The predicted octanol–water partition coefficient (Wildman–Crippen LogP) is 3.14. The Hall–Kier alpha value is -1.05. The van der Waals surface area contributed by atoms with E-state index in [1.807, 2.05) is 13.0 Å². The van der Waals surface area contributed by atoms with Gasteiger partial charge in [0.2, 0.25) is 0 Å². The Bertz CT molecular complexity index is 415. The van der Waals surface area contributed by atoms with Crippen LogP contribution in [0.3, 0.4) is 0 Å². The molecule has 0 aliphatic carbocycles. The molecule has 1 N–H and O–H groups in total. The minimum absolute atomic E-state index is 0.118. The van der Waals surface area contributed by atoms with Gasteiger partial charge in [-0.1, -0.05) is 13.0 Å². The number of nitrogens with one attached hydrogen (secondary N) is 1. The summed E-state index contributed by atoms with van der Waals surface area (Å²) < 4.78 is 6.17. The molecule has 1 rings (SSSR count). The first-order chi connectivity index (χ1) is 8.71. The maximum absolute atomic E-state index is 8.83. The van der Waals surface area contributed by atoms with Crippen molar-refractivity contribution in [2.45, 2.75) is 19.8 Å². The number of halogens is 1. The van der Waals surface area contributed by atoms with Crippen molar-refractivity contribution >= 4 is 15.9 Å². The lowest BCUT2D eigenvalue weighted by Gasteiger charge is -2.09. The fraction of sp³-hybridized carbons (Fsp3) is 0.500. The molecule has 3 nitrogen and oxygen atoms in total. The molecule has 0 heterocycles. The third kappa shape index (κ3) is 4.67. The highest BCUT2D eigenvalue weighted by molar-refractivity contribution is 9.10. The molecule has 1 unspecified atom stereocenters. The third-order valence-electron chi connectivity index (χ3n) is 2.87. The number of hydrogen-bond acceptors (Lipinski definition) is 3. The van der Waals surface area contributed by atoms with Crippen LogP contribution in [0, 0.1) is 17.2 Å². The van der Waals surface area contributed by atoms with Gasteiger partial charge in [-0.05, 0) is 53.0 Å². The van der Waals surface area contributed by atoms with Gasteiger partial charge in [0.05, 0.1) is 23.6 Å². The third-order valence-corrected chi connectivity index (χ3v) is 3.49. The van der Waals surface area contributed by atoms with Crippen LogP contribution in [0.15, 0.2) is 22.7 Å². The average Bonchev–Trinajstić information content (AvgIpc) is 2.39. The number of nitriles is 1. The lowest BCUT2D eigenvalue weighted by molar-refractivity contribution is 0.412. The molecule has 4 heteroatoms. The van der Waals surface area contributed by atoms with E-state index in [1.165, 1.54) is 5.56 Å². The lowest BCUT2D eigenvalue weighted by Crippen LogP contribution is -2.23. The topological polar surface area (TPSA) is 45.0 Å². The minimum Gasteiger partial charge on any atom is -0.496 e. The molecule has 0 aromatic heterocycles. The van der Waals surface area contributed by atoms with Crippen molar-refractivity contribution in [3.8, 4) is 11.8 Å². The molecule has 0 radical (unpaired) electrons. The van der Waals surface area contributed by atoms with E-state index in [0.717, 1.165) is 36.2 Å². The molecule has 1 aromatic rings. The Morgan fingerprint density at radius 1 is 1.50 bits per heavy atom. The number of benzene rings is 1. The molecule has 18 heavy (non-hydrogen) atoms. The zero-order valence-electron chi connectivity index (χ0n) is 10.9. The highest BCUT2D eigenvalue weighted by Gasteiger charge is 2.04. The Labute approximate surface area is 117 Å². The van der Waals surface area contributed by atoms with Gasteiger partial charge in [-0.25, -0.2) is 0 Å². The van der Waals surface area contributed by atoms with Crippen LogP contribution < -0.4 is 10.1 Å². The van der Waals surface area contributed by atoms with Crippen LogP contribution in [0.5, 0.6) is 5.75 Å². The quantitative estimate of drug-likeness (QED) is 0.787. The summed E-state index contributed by atoms with van der Waals surface area (Å²) in [7, 11) is 1.66. The van der Waals surface area contributed by atoms with E-state index in [2.05, 4.69) is 39.4 Å². The van der Waals surface area contributed by atoms with Crippen molar-refractivity contribution in [1.29, 1.82) is 5.26 Å². The lowest BCUT2D eigenvalue weighted by atomic mass is 10.1. The molecular weight excluding hydrogens is 292 g/mol. The van der Waals surface area contributed by atoms with Crippen LogP contribution >= 0.6 is 15.9 Å². The van der Waals surface area contributed by atoms with Crippen molar-refractivity contribution in [3.63, 3.8) is 0 Å². The van der Waals surface area contributed by atoms with Crippen molar-refractivity contribution in [2.75, 3.05) is 20.2 Å². The van der Waals surface area contributed by atoms with Gasteiger partial charge in [0.1, 0.15) is 5.75 Å². The molecule has 0 aliphatic rings. The van der Waals surface area contributed by atoms with Crippen LogP contribution in [0.25, 0.3) is 0 Å². The monoisotopic (exact) mass is 310 g/mol. The van der Waals surface area contributed by atoms with Gasteiger partial charge in [0, 0.05) is 6.54 Å². The summed E-state index contributed by atoms with van der Waals surface area (Å²) in [5, 5.41) is 12.1. The minimum atomic E-state index is 0.118. The van der Waals surface area contributed by atoms with Gasteiger partial charge in [-0.2, -0.15) is 5.26 Å². The zero-order chi connectivity index (χ0) is 13.4. The summed E-state index contributed by atoms with van der Waals surface area (Å²) in [6, 6.07) is 8.38. The van der Waals surface area contributed by atoms with Crippen LogP contribution in [0.4, 0.5) is 0 Å². The first kappa shape index (κ1) is 15.0. The van der Waals surface area contributed by atoms with E-state index in [1.54, 1.807) is 7.11 Å². The molecular formula is C14H19BrN2O. The van der Waals surface area contributed by atoms with E-state index in [0.29, 0.717) is 0 Å². The highest BCUT2D eigenvalue weighted by atomic mass is 79.9. The molecule has 0 amide bonds. The average molecular weight is 311 g/mol. The first-order valence-electron chi connectivity index (χ1n) is 6.14. The van der Waals surface area contributed by atoms with Crippen LogP contribution in [0.2, 0.25) is 0 Å². The van der Waals surface area contributed by atoms with Gasteiger partial charge < -0.3 is 10.1 Å². The number of hydrogen-bond donors (Lipinski definition) is 1. The van der Waals surface area contributed by atoms with Gasteiger partial charge in [-0.3, -0.25) is 0 Å². The molecule has 0 spiro atoms. The molecule has 1 atom stereocenters. The molecule has 98 valence electrons.